The van der Waals surface area contributed by atoms with Crippen molar-refractivity contribution in [3.63, 3.8) is 0 Å². The Labute approximate surface area is 290 Å². The van der Waals surface area contributed by atoms with Crippen LogP contribution in [0.4, 0.5) is 0 Å². The van der Waals surface area contributed by atoms with Gasteiger partial charge in [-0.05, 0) is 67.3 Å². The van der Waals surface area contributed by atoms with Gasteiger partial charge >= 0.3 is 5.97 Å². The van der Waals surface area contributed by atoms with E-state index >= 15 is 0 Å². The smallest absolute Gasteiger partial charge is 0.309 e. The van der Waals surface area contributed by atoms with Gasteiger partial charge in [-0.25, -0.2) is 0 Å². The first-order valence-corrected chi connectivity index (χ1v) is 17.2. The summed E-state index contributed by atoms with van der Waals surface area (Å²) in [5.74, 6) is -1.20. The third-order valence-electron chi connectivity index (χ3n) is 9.04. The van der Waals surface area contributed by atoms with Crippen LogP contribution < -0.4 is 15.4 Å². The van der Waals surface area contributed by atoms with E-state index < -0.39 is 17.5 Å². The Kier molecular flexibility index (Phi) is 14.7. The average molecular weight is 667 g/mol. The van der Waals surface area contributed by atoms with Crippen molar-refractivity contribution in [1.29, 1.82) is 0 Å². The summed E-state index contributed by atoms with van der Waals surface area (Å²) in [6.07, 6.45) is 8.25. The first-order valence-electron chi connectivity index (χ1n) is 17.2. The summed E-state index contributed by atoms with van der Waals surface area (Å²) in [7, 11) is 0. The fraction of sp³-hybridized carbons (Fsp3) is 0.390. The van der Waals surface area contributed by atoms with Crippen molar-refractivity contribution >= 4 is 17.8 Å². The molecule has 49 heavy (non-hydrogen) atoms. The molecule has 0 radical (unpaired) electrons. The van der Waals surface area contributed by atoms with Crippen LogP contribution >= 0.6 is 0 Å². The van der Waals surface area contributed by atoms with Crippen molar-refractivity contribution in [2.24, 2.45) is 11.8 Å². The van der Waals surface area contributed by atoms with Gasteiger partial charge in [-0.3, -0.25) is 14.4 Å². The second kappa shape index (κ2) is 19.3. The summed E-state index contributed by atoms with van der Waals surface area (Å²) in [5.41, 5.74) is 2.38. The SMILES string of the molecule is C=CCC(CC(=O)NC(CO)Cc1ccc(OCc2ccccc2)cc1)C(=O)NC1(COC(=O)C(CC=C)Cc2ccccc2)CCCC1. The van der Waals surface area contributed by atoms with Crippen LogP contribution in [0.25, 0.3) is 0 Å². The van der Waals surface area contributed by atoms with E-state index in [9.17, 15) is 19.5 Å². The number of allylic oxidation sites excluding steroid dienone is 2. The Bertz CT molecular complexity index is 1490. The summed E-state index contributed by atoms with van der Waals surface area (Å²) in [4.78, 5) is 40.0. The number of aliphatic hydroxyl groups is 1. The molecule has 1 aliphatic carbocycles. The van der Waals surface area contributed by atoms with Crippen molar-refractivity contribution in [2.45, 2.75) is 76.0 Å². The zero-order valence-electron chi connectivity index (χ0n) is 28.4. The van der Waals surface area contributed by atoms with E-state index in [-0.39, 0.29) is 43.3 Å². The number of esters is 1. The van der Waals surface area contributed by atoms with Gasteiger partial charge in [-0.2, -0.15) is 0 Å². The van der Waals surface area contributed by atoms with Gasteiger partial charge < -0.3 is 25.2 Å². The minimum absolute atomic E-state index is 0.0605. The molecule has 3 N–H and O–H groups in total. The molecule has 260 valence electrons. The van der Waals surface area contributed by atoms with E-state index in [1.54, 1.807) is 12.2 Å². The van der Waals surface area contributed by atoms with Crippen LogP contribution in [0.15, 0.2) is 110 Å². The summed E-state index contributed by atoms with van der Waals surface area (Å²) >= 11 is 0. The van der Waals surface area contributed by atoms with Crippen molar-refractivity contribution < 1.29 is 29.0 Å². The molecule has 0 aromatic heterocycles. The molecule has 8 nitrogen and oxygen atoms in total. The first-order chi connectivity index (χ1) is 23.8. The molecule has 0 bridgehead atoms. The van der Waals surface area contributed by atoms with Crippen molar-refractivity contribution in [2.75, 3.05) is 13.2 Å². The van der Waals surface area contributed by atoms with Gasteiger partial charge in [0.05, 0.1) is 30.0 Å². The van der Waals surface area contributed by atoms with Crippen LogP contribution in [0.1, 0.15) is 61.6 Å². The highest BCUT2D eigenvalue weighted by atomic mass is 16.5. The topological polar surface area (TPSA) is 114 Å². The fourth-order valence-corrected chi connectivity index (χ4v) is 6.31. The molecule has 1 saturated carbocycles. The van der Waals surface area contributed by atoms with Crippen LogP contribution in [-0.4, -0.2) is 47.7 Å². The van der Waals surface area contributed by atoms with Crippen LogP contribution in [0.5, 0.6) is 5.75 Å². The Morgan fingerprint density at radius 2 is 1.39 bits per heavy atom. The van der Waals surface area contributed by atoms with Gasteiger partial charge in [0.1, 0.15) is 19.0 Å². The average Bonchev–Trinajstić information content (AvgIpc) is 3.58. The highest BCUT2D eigenvalue weighted by Crippen LogP contribution is 2.31. The number of amides is 2. The third-order valence-corrected chi connectivity index (χ3v) is 9.04. The number of aliphatic hydroxyl groups excluding tert-OH is 1. The number of nitrogens with one attached hydrogen (secondary N) is 2. The van der Waals surface area contributed by atoms with Crippen LogP contribution in [-0.2, 0) is 38.6 Å². The largest absolute Gasteiger partial charge is 0.489 e. The molecular formula is C41H50N2O6. The molecule has 3 aromatic rings. The lowest BCUT2D eigenvalue weighted by molar-refractivity contribution is -0.151. The minimum atomic E-state index is -0.682. The zero-order chi connectivity index (χ0) is 34.9. The Morgan fingerprint density at radius 3 is 2.00 bits per heavy atom. The third kappa shape index (κ3) is 12.1. The molecule has 0 spiro atoms. The van der Waals surface area contributed by atoms with Crippen LogP contribution in [0, 0.1) is 11.8 Å². The summed E-state index contributed by atoms with van der Waals surface area (Å²) in [6, 6.07) is 26.8. The van der Waals surface area contributed by atoms with Gasteiger partial charge in [0, 0.05) is 6.42 Å². The molecule has 1 fully saturated rings. The van der Waals surface area contributed by atoms with E-state index in [4.69, 9.17) is 9.47 Å². The van der Waals surface area contributed by atoms with Gasteiger partial charge in [-0.15, -0.1) is 13.2 Å². The molecule has 4 rings (SSSR count). The first kappa shape index (κ1) is 37.1. The second-order valence-electron chi connectivity index (χ2n) is 13.0. The monoisotopic (exact) mass is 666 g/mol. The Morgan fingerprint density at radius 1 is 0.796 bits per heavy atom. The van der Waals surface area contributed by atoms with Gasteiger partial charge in [0.15, 0.2) is 0 Å². The highest BCUT2D eigenvalue weighted by molar-refractivity contribution is 5.86. The summed E-state index contributed by atoms with van der Waals surface area (Å²) in [5, 5.41) is 16.1. The second-order valence-corrected chi connectivity index (χ2v) is 13.0. The molecule has 3 unspecified atom stereocenters. The maximum atomic E-state index is 13.6. The normalized spacial score (nSPS) is 15.3. The van der Waals surface area contributed by atoms with E-state index in [2.05, 4.69) is 23.8 Å². The Hall–Kier alpha value is -4.69. The van der Waals surface area contributed by atoms with Gasteiger partial charge in [0.25, 0.3) is 0 Å². The molecule has 8 heteroatoms. The van der Waals surface area contributed by atoms with Crippen molar-refractivity contribution in [3.05, 3.63) is 127 Å². The molecule has 0 heterocycles. The van der Waals surface area contributed by atoms with Gasteiger partial charge in [-0.1, -0.05) is 97.8 Å². The molecule has 2 amide bonds. The molecular weight excluding hydrogens is 616 g/mol. The van der Waals surface area contributed by atoms with E-state index in [0.29, 0.717) is 45.1 Å². The predicted molar refractivity (Wildman–Crippen MR) is 192 cm³/mol. The quantitative estimate of drug-likeness (QED) is 0.0968. The molecule has 1 aliphatic rings. The van der Waals surface area contributed by atoms with Crippen molar-refractivity contribution in [3.8, 4) is 5.75 Å². The van der Waals surface area contributed by atoms with E-state index in [1.165, 1.54) is 0 Å². The molecule has 0 aliphatic heterocycles. The molecule has 3 aromatic carbocycles. The standard InChI is InChI=1S/C41H50N2O6/c1-3-13-34(27-38(45)42-36(28-44)26-32-19-21-37(22-20-32)48-29-33-17-9-6-10-18-33)39(46)43-41(23-11-12-24-41)30-49-40(47)35(14-4-2)25-31-15-7-5-8-16-31/h3-10,15-22,34-36,44H,1-2,11-14,23-30H2,(H,42,45)(H,43,46). The molecule has 0 saturated heterocycles. The zero-order valence-corrected chi connectivity index (χ0v) is 28.4. The van der Waals surface area contributed by atoms with Crippen LogP contribution in [0.2, 0.25) is 0 Å². The minimum Gasteiger partial charge on any atom is -0.489 e. The van der Waals surface area contributed by atoms with E-state index in [1.807, 2.05) is 84.9 Å². The lowest BCUT2D eigenvalue weighted by Gasteiger charge is -2.32. The lowest BCUT2D eigenvalue weighted by Crippen LogP contribution is -2.53. The number of benzene rings is 3. The number of hydrogen-bond donors (Lipinski definition) is 3. The molecule has 3 atom stereocenters. The predicted octanol–water partition coefficient (Wildman–Crippen LogP) is 6.27. The number of hydrogen-bond acceptors (Lipinski definition) is 6. The summed E-state index contributed by atoms with van der Waals surface area (Å²) < 4.78 is 11.7. The van der Waals surface area contributed by atoms with Gasteiger partial charge in [0.2, 0.25) is 11.8 Å². The lowest BCUT2D eigenvalue weighted by atomic mass is 9.93. The van der Waals surface area contributed by atoms with Crippen molar-refractivity contribution in [1.82, 2.24) is 10.6 Å². The fourth-order valence-electron chi connectivity index (χ4n) is 6.31. The Balaban J connectivity index is 1.29. The van der Waals surface area contributed by atoms with Crippen LogP contribution in [0.3, 0.4) is 0 Å². The maximum Gasteiger partial charge on any atom is 0.309 e. The number of carbonyl (C=O) groups excluding carboxylic acids is 3. The number of rotatable bonds is 20. The maximum absolute atomic E-state index is 13.6. The number of ether oxygens (including phenoxy) is 2. The summed E-state index contributed by atoms with van der Waals surface area (Å²) in [6.45, 7) is 7.91. The number of carbonyl (C=O) groups is 3. The highest BCUT2D eigenvalue weighted by Gasteiger charge is 2.39. The van der Waals surface area contributed by atoms with E-state index in [0.717, 1.165) is 35.3 Å².